The quantitative estimate of drug-likeness (QED) is 0.352. The van der Waals surface area contributed by atoms with E-state index in [1.165, 1.54) is 0 Å². The van der Waals surface area contributed by atoms with Crippen molar-refractivity contribution in [1.82, 2.24) is 4.98 Å². The number of Topliss-reactive ketones (excluding diaryl/α,β-unsaturated/α-hetero) is 1. The highest BCUT2D eigenvalue weighted by Gasteiger charge is 2.05. The fraction of sp³-hybridized carbons (Fsp3) is 0.222. The van der Waals surface area contributed by atoms with Crippen LogP contribution in [-0.2, 0) is 4.79 Å². The van der Waals surface area contributed by atoms with Crippen LogP contribution in [0.1, 0.15) is 23.3 Å². The van der Waals surface area contributed by atoms with E-state index in [1.807, 2.05) is 13.9 Å². The van der Waals surface area contributed by atoms with Crippen LogP contribution in [-0.4, -0.2) is 24.9 Å². The average Bonchev–Trinajstić information content (AvgIpc) is 2.14. The van der Waals surface area contributed by atoms with Gasteiger partial charge in [0.2, 0.25) is 0 Å². The summed E-state index contributed by atoms with van der Waals surface area (Å²) in [5, 5.41) is 0. The Kier molecular flexibility index (Phi) is 3.37. The number of hydrogen-bond donors (Lipinski definition) is 0. The molecule has 0 aliphatic carbocycles. The molecule has 0 aromatic carbocycles. The van der Waals surface area contributed by atoms with Gasteiger partial charge >= 0.3 is 0 Å². The summed E-state index contributed by atoms with van der Waals surface area (Å²) in [7, 11) is 1.90. The lowest BCUT2D eigenvalue weighted by Crippen LogP contribution is -2.09. The zero-order chi connectivity index (χ0) is 9.68. The Morgan fingerprint density at radius 3 is 3.00 bits per heavy atom. The predicted molar refractivity (Wildman–Crippen MR) is 52.0 cm³/mol. The molecule has 0 bridgehead atoms. The van der Waals surface area contributed by atoms with Gasteiger partial charge in [0.05, 0.1) is 0 Å². The number of rotatable bonds is 4. The SMILES string of the molecule is Bc1ccnc(C(=O)CCC=O)c1. The van der Waals surface area contributed by atoms with E-state index in [9.17, 15) is 9.59 Å². The van der Waals surface area contributed by atoms with Gasteiger partial charge in [0.25, 0.3) is 0 Å². The molecule has 1 aromatic rings. The van der Waals surface area contributed by atoms with Crippen LogP contribution >= 0.6 is 0 Å². The Morgan fingerprint density at radius 2 is 2.38 bits per heavy atom. The number of pyridine rings is 1. The molecule has 0 aliphatic rings. The second-order valence-electron chi connectivity index (χ2n) is 2.85. The van der Waals surface area contributed by atoms with Crippen molar-refractivity contribution in [2.75, 3.05) is 0 Å². The van der Waals surface area contributed by atoms with Crippen LogP contribution < -0.4 is 5.46 Å². The number of carbonyl (C=O) groups is 2. The van der Waals surface area contributed by atoms with Gasteiger partial charge in [-0.3, -0.25) is 9.78 Å². The van der Waals surface area contributed by atoms with E-state index in [4.69, 9.17) is 0 Å². The molecule has 0 spiro atoms. The molecule has 0 unspecified atom stereocenters. The van der Waals surface area contributed by atoms with Gasteiger partial charge < -0.3 is 4.79 Å². The first-order valence-electron chi connectivity index (χ1n) is 4.13. The van der Waals surface area contributed by atoms with Gasteiger partial charge in [-0.1, -0.05) is 11.5 Å². The molecule has 13 heavy (non-hydrogen) atoms. The third-order valence-electron chi connectivity index (χ3n) is 1.69. The number of aldehydes is 1. The van der Waals surface area contributed by atoms with Crippen molar-refractivity contribution in [2.45, 2.75) is 12.8 Å². The molecule has 66 valence electrons. The van der Waals surface area contributed by atoms with Crippen molar-refractivity contribution in [3.05, 3.63) is 24.0 Å². The topological polar surface area (TPSA) is 47.0 Å². The molecule has 0 atom stereocenters. The van der Waals surface area contributed by atoms with E-state index in [0.29, 0.717) is 5.69 Å². The number of nitrogens with zero attached hydrogens (tertiary/aromatic N) is 1. The van der Waals surface area contributed by atoms with Gasteiger partial charge in [0.1, 0.15) is 19.8 Å². The zero-order valence-corrected chi connectivity index (χ0v) is 7.49. The summed E-state index contributed by atoms with van der Waals surface area (Å²) in [6, 6.07) is 3.56. The lowest BCUT2D eigenvalue weighted by molar-refractivity contribution is -0.107. The first kappa shape index (κ1) is 9.64. The molecule has 3 nitrogen and oxygen atoms in total. The van der Waals surface area contributed by atoms with E-state index >= 15 is 0 Å². The van der Waals surface area contributed by atoms with Crippen molar-refractivity contribution in [1.29, 1.82) is 0 Å². The van der Waals surface area contributed by atoms with Crippen LogP contribution in [0.3, 0.4) is 0 Å². The number of carbonyl (C=O) groups excluding carboxylic acids is 2. The fourth-order valence-corrected chi connectivity index (χ4v) is 1.01. The molecule has 0 N–H and O–H groups in total. The van der Waals surface area contributed by atoms with Crippen LogP contribution in [0, 0.1) is 0 Å². The van der Waals surface area contributed by atoms with Crippen molar-refractivity contribution in [2.24, 2.45) is 0 Å². The predicted octanol–water partition coefficient (Wildman–Crippen LogP) is -0.498. The number of ketones is 1. The molecule has 0 saturated carbocycles. The van der Waals surface area contributed by atoms with Crippen LogP contribution in [0.5, 0.6) is 0 Å². The van der Waals surface area contributed by atoms with E-state index in [0.717, 1.165) is 11.7 Å². The molecule has 4 heteroatoms. The van der Waals surface area contributed by atoms with E-state index in [1.54, 1.807) is 12.3 Å². The van der Waals surface area contributed by atoms with Crippen LogP contribution in [0.25, 0.3) is 0 Å². The Morgan fingerprint density at radius 1 is 1.62 bits per heavy atom. The largest absolute Gasteiger partial charge is 0.303 e. The highest BCUT2D eigenvalue weighted by Crippen LogP contribution is 1.98. The summed E-state index contributed by atoms with van der Waals surface area (Å²) in [5.41, 5.74) is 1.45. The normalized spacial score (nSPS) is 9.54. The maximum absolute atomic E-state index is 11.3. The molecule has 0 radical (unpaired) electrons. The maximum Gasteiger partial charge on any atom is 0.181 e. The van der Waals surface area contributed by atoms with Crippen molar-refractivity contribution in [3.63, 3.8) is 0 Å². The fourth-order valence-electron chi connectivity index (χ4n) is 1.01. The molecular formula is C9H10BNO2. The third-order valence-corrected chi connectivity index (χ3v) is 1.69. The third kappa shape index (κ3) is 2.82. The minimum absolute atomic E-state index is 0.0733. The van der Waals surface area contributed by atoms with Crippen LogP contribution in [0.2, 0.25) is 0 Å². The van der Waals surface area contributed by atoms with Gasteiger partial charge in [0, 0.05) is 19.0 Å². The zero-order valence-electron chi connectivity index (χ0n) is 7.49. The Balaban J connectivity index is 2.71. The van der Waals surface area contributed by atoms with E-state index in [-0.39, 0.29) is 18.6 Å². The molecular weight excluding hydrogens is 165 g/mol. The monoisotopic (exact) mass is 175 g/mol. The second kappa shape index (κ2) is 4.55. The Hall–Kier alpha value is -1.45. The molecule has 1 aromatic heterocycles. The summed E-state index contributed by atoms with van der Waals surface area (Å²) < 4.78 is 0. The lowest BCUT2D eigenvalue weighted by Gasteiger charge is -1.98. The maximum atomic E-state index is 11.3. The highest BCUT2D eigenvalue weighted by molar-refractivity contribution is 6.32. The first-order chi connectivity index (χ1) is 6.24. The Bertz CT molecular complexity index is 325. The van der Waals surface area contributed by atoms with Crippen LogP contribution in [0.4, 0.5) is 0 Å². The second-order valence-corrected chi connectivity index (χ2v) is 2.85. The molecule has 0 aliphatic heterocycles. The lowest BCUT2D eigenvalue weighted by atomic mass is 9.96. The number of hydrogen-bond acceptors (Lipinski definition) is 3. The molecule has 0 amide bonds. The summed E-state index contributed by atoms with van der Waals surface area (Å²) in [6.07, 6.45) is 2.87. The van der Waals surface area contributed by atoms with Gasteiger partial charge in [-0.15, -0.1) is 0 Å². The molecule has 0 fully saturated rings. The van der Waals surface area contributed by atoms with Gasteiger partial charge in [-0.2, -0.15) is 0 Å². The smallest absolute Gasteiger partial charge is 0.181 e. The Labute approximate surface area is 77.6 Å². The summed E-state index contributed by atoms with van der Waals surface area (Å²) in [6.45, 7) is 0. The van der Waals surface area contributed by atoms with Crippen LogP contribution in [0.15, 0.2) is 18.3 Å². The van der Waals surface area contributed by atoms with E-state index in [2.05, 4.69) is 4.98 Å². The van der Waals surface area contributed by atoms with Crippen molar-refractivity contribution >= 4 is 25.4 Å². The average molecular weight is 175 g/mol. The molecule has 0 saturated heterocycles. The van der Waals surface area contributed by atoms with Gasteiger partial charge in [-0.25, -0.2) is 0 Å². The van der Waals surface area contributed by atoms with Gasteiger partial charge in [-0.05, 0) is 6.07 Å². The molecule has 1 rings (SSSR count). The molecule has 1 heterocycles. The van der Waals surface area contributed by atoms with Crippen molar-refractivity contribution in [3.8, 4) is 0 Å². The minimum atomic E-state index is -0.0733. The highest BCUT2D eigenvalue weighted by atomic mass is 16.1. The minimum Gasteiger partial charge on any atom is -0.303 e. The first-order valence-corrected chi connectivity index (χ1v) is 4.13. The number of aromatic nitrogens is 1. The van der Waals surface area contributed by atoms with Gasteiger partial charge in [0.15, 0.2) is 5.78 Å². The summed E-state index contributed by atoms with van der Waals surface area (Å²) >= 11 is 0. The summed E-state index contributed by atoms with van der Waals surface area (Å²) in [5.74, 6) is -0.0733. The summed E-state index contributed by atoms with van der Waals surface area (Å²) in [4.78, 5) is 25.3. The standard InChI is InChI=1S/C9H10BNO2/c10-7-3-4-11-8(6-7)9(13)2-1-5-12/h3-6H,1-2,10H2. The van der Waals surface area contributed by atoms with Crippen molar-refractivity contribution < 1.29 is 9.59 Å². The van der Waals surface area contributed by atoms with E-state index < -0.39 is 0 Å².